The number of amides is 2. The zero-order valence-corrected chi connectivity index (χ0v) is 14.5. The maximum Gasteiger partial charge on any atom is 0.317 e. The molecule has 1 aromatic rings. The Morgan fingerprint density at radius 3 is 2.43 bits per heavy atom. The molecule has 6 nitrogen and oxygen atoms in total. The van der Waals surface area contributed by atoms with Crippen molar-refractivity contribution in [1.29, 1.82) is 0 Å². The number of rotatable bonds is 5. The van der Waals surface area contributed by atoms with E-state index >= 15 is 0 Å². The van der Waals surface area contributed by atoms with Crippen LogP contribution in [-0.4, -0.2) is 62.3 Å². The zero-order valence-electron chi connectivity index (χ0n) is 14.5. The lowest BCUT2D eigenvalue weighted by Crippen LogP contribution is -2.52. The lowest BCUT2D eigenvalue weighted by molar-refractivity contribution is 0.133. The molecule has 1 saturated heterocycles. The van der Waals surface area contributed by atoms with Gasteiger partial charge < -0.3 is 19.7 Å². The van der Waals surface area contributed by atoms with Crippen LogP contribution < -0.4 is 14.8 Å². The number of hydrogen-bond donors (Lipinski definition) is 1. The van der Waals surface area contributed by atoms with E-state index in [4.69, 9.17) is 9.47 Å². The third-order valence-corrected chi connectivity index (χ3v) is 3.95. The third kappa shape index (κ3) is 4.76. The van der Waals surface area contributed by atoms with Crippen molar-refractivity contribution in [1.82, 2.24) is 15.1 Å². The number of piperazine rings is 1. The van der Waals surface area contributed by atoms with E-state index in [1.54, 1.807) is 14.2 Å². The summed E-state index contributed by atoms with van der Waals surface area (Å²) in [5, 5.41) is 2.94. The Morgan fingerprint density at radius 2 is 1.87 bits per heavy atom. The molecule has 1 aliphatic heterocycles. The number of nitrogens with one attached hydrogen (secondary N) is 1. The van der Waals surface area contributed by atoms with E-state index in [9.17, 15) is 4.79 Å². The van der Waals surface area contributed by atoms with Crippen molar-refractivity contribution >= 4 is 6.03 Å². The quantitative estimate of drug-likeness (QED) is 0.900. The summed E-state index contributed by atoms with van der Waals surface area (Å²) in [7, 11) is 3.34. The van der Waals surface area contributed by atoms with Crippen molar-refractivity contribution in [3.8, 4) is 11.5 Å². The van der Waals surface area contributed by atoms with Crippen molar-refractivity contribution in [3.05, 3.63) is 23.8 Å². The highest BCUT2D eigenvalue weighted by atomic mass is 16.5. The number of carbonyl (C=O) groups is 1. The van der Waals surface area contributed by atoms with Crippen LogP contribution in [0.2, 0.25) is 0 Å². The Bertz CT molecular complexity index is 526. The summed E-state index contributed by atoms with van der Waals surface area (Å²) in [5.41, 5.74) is 1.10. The van der Waals surface area contributed by atoms with Gasteiger partial charge in [-0.25, -0.2) is 4.79 Å². The van der Waals surface area contributed by atoms with Crippen molar-refractivity contribution < 1.29 is 14.3 Å². The molecule has 1 aliphatic rings. The number of benzene rings is 1. The molecule has 1 aromatic carbocycles. The van der Waals surface area contributed by atoms with Crippen LogP contribution in [0.3, 0.4) is 0 Å². The molecule has 0 atom stereocenters. The summed E-state index contributed by atoms with van der Waals surface area (Å²) >= 11 is 0. The van der Waals surface area contributed by atoms with Crippen LogP contribution in [0.4, 0.5) is 4.79 Å². The first-order valence-corrected chi connectivity index (χ1v) is 8.02. The van der Waals surface area contributed by atoms with Crippen LogP contribution in [0.25, 0.3) is 0 Å². The fraction of sp³-hybridized carbons (Fsp3) is 0.588. The van der Waals surface area contributed by atoms with Crippen LogP contribution in [0, 0.1) is 0 Å². The molecule has 1 heterocycles. The predicted molar refractivity (Wildman–Crippen MR) is 90.1 cm³/mol. The molecule has 6 heteroatoms. The van der Waals surface area contributed by atoms with Crippen LogP contribution in [-0.2, 0) is 6.54 Å². The monoisotopic (exact) mass is 321 g/mol. The van der Waals surface area contributed by atoms with E-state index in [1.807, 2.05) is 36.9 Å². The first kappa shape index (κ1) is 17.4. The minimum Gasteiger partial charge on any atom is -0.497 e. The molecule has 0 radical (unpaired) electrons. The van der Waals surface area contributed by atoms with Gasteiger partial charge in [0.1, 0.15) is 11.5 Å². The lowest BCUT2D eigenvalue weighted by Gasteiger charge is -2.35. The fourth-order valence-electron chi connectivity index (χ4n) is 2.69. The Morgan fingerprint density at radius 1 is 1.17 bits per heavy atom. The van der Waals surface area contributed by atoms with Crippen LogP contribution >= 0.6 is 0 Å². The molecule has 2 amide bonds. The molecular weight excluding hydrogens is 294 g/mol. The molecule has 0 aromatic heterocycles. The van der Waals surface area contributed by atoms with E-state index < -0.39 is 0 Å². The first-order valence-electron chi connectivity index (χ1n) is 8.02. The van der Waals surface area contributed by atoms with E-state index in [0.29, 0.717) is 0 Å². The van der Waals surface area contributed by atoms with Gasteiger partial charge in [-0.05, 0) is 32.0 Å². The highest BCUT2D eigenvalue weighted by Gasteiger charge is 2.22. The van der Waals surface area contributed by atoms with Crippen LogP contribution in [0.15, 0.2) is 18.2 Å². The molecular formula is C17H27N3O3. The lowest BCUT2D eigenvalue weighted by atomic mass is 10.1. The highest BCUT2D eigenvalue weighted by Crippen LogP contribution is 2.25. The van der Waals surface area contributed by atoms with Crippen molar-refractivity contribution in [2.24, 2.45) is 0 Å². The van der Waals surface area contributed by atoms with Gasteiger partial charge in [0.25, 0.3) is 0 Å². The largest absolute Gasteiger partial charge is 0.497 e. The second kappa shape index (κ2) is 8.06. The van der Waals surface area contributed by atoms with Gasteiger partial charge in [-0.1, -0.05) is 0 Å². The Kier molecular flexibility index (Phi) is 6.10. The second-order valence-electron chi connectivity index (χ2n) is 6.05. The van der Waals surface area contributed by atoms with Gasteiger partial charge in [-0.2, -0.15) is 0 Å². The van der Waals surface area contributed by atoms with E-state index in [0.717, 1.165) is 49.8 Å². The van der Waals surface area contributed by atoms with Crippen LogP contribution in [0.5, 0.6) is 11.5 Å². The molecule has 23 heavy (non-hydrogen) atoms. The van der Waals surface area contributed by atoms with Gasteiger partial charge in [0.05, 0.1) is 14.2 Å². The Balaban J connectivity index is 1.92. The maximum atomic E-state index is 12.0. The minimum absolute atomic E-state index is 0.0265. The summed E-state index contributed by atoms with van der Waals surface area (Å²) in [6.07, 6.45) is 0. The van der Waals surface area contributed by atoms with E-state index in [-0.39, 0.29) is 12.1 Å². The number of urea groups is 1. The average molecular weight is 321 g/mol. The number of methoxy groups -OCH3 is 2. The average Bonchev–Trinajstić information content (AvgIpc) is 2.54. The van der Waals surface area contributed by atoms with Gasteiger partial charge in [0.15, 0.2) is 0 Å². The van der Waals surface area contributed by atoms with Crippen molar-refractivity contribution in [2.45, 2.75) is 26.4 Å². The van der Waals surface area contributed by atoms with Crippen molar-refractivity contribution in [3.63, 3.8) is 0 Å². The molecule has 0 spiro atoms. The van der Waals surface area contributed by atoms with Gasteiger partial charge in [0, 0.05) is 44.3 Å². The standard InChI is InChI=1S/C17H27N3O3/c1-13(2)18-17(21)20-9-7-19(8-10-20)12-14-11-15(22-3)5-6-16(14)23-4/h5-6,11,13H,7-10,12H2,1-4H3,(H,18,21). The third-order valence-electron chi connectivity index (χ3n) is 3.95. The SMILES string of the molecule is COc1ccc(OC)c(CN2CCN(C(=O)NC(C)C)CC2)c1. The molecule has 2 rings (SSSR count). The number of carbonyl (C=O) groups excluding carboxylic acids is 1. The summed E-state index contributed by atoms with van der Waals surface area (Å²) in [5.74, 6) is 1.70. The van der Waals surface area contributed by atoms with Gasteiger partial charge in [-0.3, -0.25) is 4.90 Å². The van der Waals surface area contributed by atoms with E-state index in [2.05, 4.69) is 10.2 Å². The van der Waals surface area contributed by atoms with Gasteiger partial charge in [0.2, 0.25) is 0 Å². The predicted octanol–water partition coefficient (Wildman–Crippen LogP) is 1.94. The van der Waals surface area contributed by atoms with E-state index in [1.165, 1.54) is 0 Å². The molecule has 1 N–H and O–H groups in total. The summed E-state index contributed by atoms with van der Waals surface area (Å²) < 4.78 is 10.7. The smallest absolute Gasteiger partial charge is 0.317 e. The fourth-order valence-corrected chi connectivity index (χ4v) is 2.69. The van der Waals surface area contributed by atoms with Gasteiger partial charge in [-0.15, -0.1) is 0 Å². The highest BCUT2D eigenvalue weighted by molar-refractivity contribution is 5.74. The summed E-state index contributed by atoms with van der Waals surface area (Å²) in [6.45, 7) is 7.93. The second-order valence-corrected chi connectivity index (χ2v) is 6.05. The van der Waals surface area contributed by atoms with Gasteiger partial charge >= 0.3 is 6.03 Å². The molecule has 0 unspecified atom stereocenters. The maximum absolute atomic E-state index is 12.0. The van der Waals surface area contributed by atoms with Crippen LogP contribution in [0.1, 0.15) is 19.4 Å². The molecule has 128 valence electrons. The topological polar surface area (TPSA) is 54.0 Å². The summed E-state index contributed by atoms with van der Waals surface area (Å²) in [4.78, 5) is 16.2. The molecule has 1 fully saturated rings. The Hall–Kier alpha value is -1.95. The number of nitrogens with zero attached hydrogens (tertiary/aromatic N) is 2. The molecule has 0 bridgehead atoms. The minimum atomic E-state index is 0.0265. The Labute approximate surface area is 138 Å². The number of hydrogen-bond acceptors (Lipinski definition) is 4. The normalized spacial score (nSPS) is 15.6. The first-order chi connectivity index (χ1) is 11.0. The molecule has 0 aliphatic carbocycles. The molecule has 0 saturated carbocycles. The number of ether oxygens (including phenoxy) is 2. The van der Waals surface area contributed by atoms with Crippen molar-refractivity contribution in [2.75, 3.05) is 40.4 Å². The summed E-state index contributed by atoms with van der Waals surface area (Å²) in [6, 6.07) is 6.04. The zero-order chi connectivity index (χ0) is 16.8.